The van der Waals surface area contributed by atoms with Crippen LogP contribution in [-0.2, 0) is 0 Å². The molecular formula is C13H19ClN2O. The van der Waals surface area contributed by atoms with E-state index in [-0.39, 0.29) is 0 Å². The van der Waals surface area contributed by atoms with Gasteiger partial charge in [0, 0.05) is 18.3 Å². The van der Waals surface area contributed by atoms with Crippen molar-refractivity contribution in [3.8, 4) is 5.75 Å². The number of ether oxygens (including phenoxy) is 1. The van der Waals surface area contributed by atoms with Gasteiger partial charge < -0.3 is 15.4 Å². The molecule has 0 spiro atoms. The van der Waals surface area contributed by atoms with Crippen LogP contribution in [0.3, 0.4) is 0 Å². The lowest BCUT2D eigenvalue weighted by Crippen LogP contribution is -2.29. The molecule has 0 radical (unpaired) electrons. The van der Waals surface area contributed by atoms with Gasteiger partial charge >= 0.3 is 0 Å². The minimum atomic E-state index is 0.584. The molecule has 0 aliphatic carbocycles. The molecule has 0 amide bonds. The van der Waals surface area contributed by atoms with Gasteiger partial charge in [0.15, 0.2) is 0 Å². The smallest absolute Gasteiger partial charge is 0.138 e. The molecule has 0 saturated carbocycles. The molecule has 0 aromatic heterocycles. The molecule has 1 unspecified atom stereocenters. The van der Waals surface area contributed by atoms with Crippen molar-refractivity contribution in [2.24, 2.45) is 0 Å². The fourth-order valence-electron chi connectivity index (χ4n) is 2.06. The predicted octanol–water partition coefficient (Wildman–Crippen LogP) is 2.90. The Bertz CT molecular complexity index is 364. The van der Waals surface area contributed by atoms with Gasteiger partial charge in [0.2, 0.25) is 0 Å². The van der Waals surface area contributed by atoms with Crippen molar-refractivity contribution in [1.29, 1.82) is 0 Å². The first-order chi connectivity index (χ1) is 8.29. The second kappa shape index (κ2) is 6.12. The van der Waals surface area contributed by atoms with E-state index in [9.17, 15) is 0 Å². The Morgan fingerprint density at radius 1 is 1.53 bits per heavy atom. The summed E-state index contributed by atoms with van der Waals surface area (Å²) in [6, 6.07) is 6.42. The summed E-state index contributed by atoms with van der Waals surface area (Å²) in [5.74, 6) is 0.749. The molecule has 1 heterocycles. The molecule has 1 fully saturated rings. The molecule has 94 valence electrons. The first-order valence-corrected chi connectivity index (χ1v) is 6.57. The number of benzene rings is 1. The van der Waals surface area contributed by atoms with Crippen molar-refractivity contribution in [1.82, 2.24) is 5.32 Å². The Labute approximate surface area is 107 Å². The standard InChI is InChI=1S/C13H19ClN2O/c1-2-17-13-6-5-10(8-12(13)14)16-9-11-4-3-7-15-11/h5-6,8,11,15-16H,2-4,7,9H2,1H3. The van der Waals surface area contributed by atoms with Crippen LogP contribution in [0.2, 0.25) is 5.02 Å². The fraction of sp³-hybridized carbons (Fsp3) is 0.538. The first-order valence-electron chi connectivity index (χ1n) is 6.19. The SMILES string of the molecule is CCOc1ccc(NCC2CCCN2)cc1Cl. The summed E-state index contributed by atoms with van der Waals surface area (Å²) in [6.45, 7) is 4.67. The molecule has 1 saturated heterocycles. The summed E-state index contributed by atoms with van der Waals surface area (Å²) in [7, 11) is 0. The number of hydrogen-bond donors (Lipinski definition) is 2. The van der Waals surface area contributed by atoms with Crippen molar-refractivity contribution < 1.29 is 4.74 Å². The van der Waals surface area contributed by atoms with Gasteiger partial charge in [-0.25, -0.2) is 0 Å². The highest BCUT2D eigenvalue weighted by atomic mass is 35.5. The largest absolute Gasteiger partial charge is 0.492 e. The molecule has 1 aliphatic rings. The van der Waals surface area contributed by atoms with Crippen molar-refractivity contribution in [3.05, 3.63) is 23.2 Å². The van der Waals surface area contributed by atoms with Gasteiger partial charge in [-0.3, -0.25) is 0 Å². The molecule has 1 atom stereocenters. The zero-order valence-electron chi connectivity index (χ0n) is 10.1. The van der Waals surface area contributed by atoms with Crippen LogP contribution in [-0.4, -0.2) is 25.7 Å². The van der Waals surface area contributed by atoms with Crippen molar-refractivity contribution in [2.45, 2.75) is 25.8 Å². The summed E-state index contributed by atoms with van der Waals surface area (Å²) >= 11 is 6.12. The van der Waals surface area contributed by atoms with E-state index in [1.54, 1.807) is 0 Å². The zero-order chi connectivity index (χ0) is 12.1. The van der Waals surface area contributed by atoms with E-state index in [1.807, 2.05) is 25.1 Å². The zero-order valence-corrected chi connectivity index (χ0v) is 10.9. The van der Waals surface area contributed by atoms with Gasteiger partial charge in [-0.15, -0.1) is 0 Å². The predicted molar refractivity (Wildman–Crippen MR) is 72.1 cm³/mol. The quantitative estimate of drug-likeness (QED) is 0.848. The molecule has 1 aromatic carbocycles. The van der Waals surface area contributed by atoms with Crippen LogP contribution in [0.25, 0.3) is 0 Å². The first kappa shape index (κ1) is 12.5. The lowest BCUT2D eigenvalue weighted by Gasteiger charge is -2.13. The van der Waals surface area contributed by atoms with Gasteiger partial charge in [0.05, 0.1) is 11.6 Å². The summed E-state index contributed by atoms with van der Waals surface area (Å²) in [4.78, 5) is 0. The van der Waals surface area contributed by atoms with Crippen LogP contribution in [0, 0.1) is 0 Å². The third-order valence-electron chi connectivity index (χ3n) is 2.95. The van der Waals surface area contributed by atoms with E-state index >= 15 is 0 Å². The third-order valence-corrected chi connectivity index (χ3v) is 3.24. The number of nitrogens with one attached hydrogen (secondary N) is 2. The summed E-state index contributed by atoms with van der Waals surface area (Å²) < 4.78 is 5.40. The molecule has 4 heteroatoms. The monoisotopic (exact) mass is 254 g/mol. The molecule has 2 rings (SSSR count). The number of anilines is 1. The lowest BCUT2D eigenvalue weighted by atomic mass is 10.2. The van der Waals surface area contributed by atoms with Crippen LogP contribution in [0.4, 0.5) is 5.69 Å². The second-order valence-electron chi connectivity index (χ2n) is 4.25. The topological polar surface area (TPSA) is 33.3 Å². The van der Waals surface area contributed by atoms with E-state index in [0.29, 0.717) is 17.7 Å². The number of halogens is 1. The fourth-order valence-corrected chi connectivity index (χ4v) is 2.29. The molecule has 2 N–H and O–H groups in total. The highest BCUT2D eigenvalue weighted by molar-refractivity contribution is 6.32. The average Bonchev–Trinajstić information content (AvgIpc) is 2.83. The Balaban J connectivity index is 1.90. The Morgan fingerprint density at radius 3 is 3.06 bits per heavy atom. The normalized spacial score (nSPS) is 19.3. The molecule has 1 aliphatic heterocycles. The van der Waals surface area contributed by atoms with Crippen molar-refractivity contribution >= 4 is 17.3 Å². The van der Waals surface area contributed by atoms with Crippen LogP contribution >= 0.6 is 11.6 Å². The van der Waals surface area contributed by atoms with Crippen molar-refractivity contribution in [3.63, 3.8) is 0 Å². The van der Waals surface area contributed by atoms with E-state index in [4.69, 9.17) is 16.3 Å². The summed E-state index contributed by atoms with van der Waals surface area (Å²) in [6.07, 6.45) is 2.52. The van der Waals surface area contributed by atoms with Crippen LogP contribution in [0.5, 0.6) is 5.75 Å². The number of rotatable bonds is 5. The Hall–Kier alpha value is -0.930. The van der Waals surface area contributed by atoms with Crippen LogP contribution in [0.15, 0.2) is 18.2 Å². The maximum Gasteiger partial charge on any atom is 0.138 e. The Kier molecular flexibility index (Phi) is 4.51. The maximum absolute atomic E-state index is 6.12. The molecular weight excluding hydrogens is 236 g/mol. The third kappa shape index (κ3) is 3.51. The molecule has 0 bridgehead atoms. The molecule has 3 nitrogen and oxygen atoms in total. The van der Waals surface area contributed by atoms with E-state index in [0.717, 1.165) is 24.5 Å². The average molecular weight is 255 g/mol. The minimum Gasteiger partial charge on any atom is -0.492 e. The van der Waals surface area contributed by atoms with Gasteiger partial charge in [0.25, 0.3) is 0 Å². The van der Waals surface area contributed by atoms with E-state index in [1.165, 1.54) is 12.8 Å². The molecule has 1 aromatic rings. The summed E-state index contributed by atoms with van der Waals surface area (Å²) in [5.41, 5.74) is 1.05. The molecule has 17 heavy (non-hydrogen) atoms. The Morgan fingerprint density at radius 2 is 2.41 bits per heavy atom. The second-order valence-corrected chi connectivity index (χ2v) is 4.66. The van der Waals surface area contributed by atoms with Gasteiger partial charge in [-0.2, -0.15) is 0 Å². The number of hydrogen-bond acceptors (Lipinski definition) is 3. The van der Waals surface area contributed by atoms with Crippen LogP contribution in [0.1, 0.15) is 19.8 Å². The van der Waals surface area contributed by atoms with E-state index in [2.05, 4.69) is 10.6 Å². The summed E-state index contributed by atoms with van der Waals surface area (Å²) in [5, 5.41) is 7.51. The van der Waals surface area contributed by atoms with Gasteiger partial charge in [-0.05, 0) is 44.5 Å². The minimum absolute atomic E-state index is 0.584. The lowest BCUT2D eigenvalue weighted by molar-refractivity contribution is 0.340. The van der Waals surface area contributed by atoms with Gasteiger partial charge in [0.1, 0.15) is 5.75 Å². The van der Waals surface area contributed by atoms with Crippen LogP contribution < -0.4 is 15.4 Å². The maximum atomic E-state index is 6.12. The highest BCUT2D eigenvalue weighted by Crippen LogP contribution is 2.27. The highest BCUT2D eigenvalue weighted by Gasteiger charge is 2.13. The van der Waals surface area contributed by atoms with Gasteiger partial charge in [-0.1, -0.05) is 11.6 Å². The van der Waals surface area contributed by atoms with E-state index < -0.39 is 0 Å². The van der Waals surface area contributed by atoms with Crippen molar-refractivity contribution in [2.75, 3.05) is 25.0 Å².